The van der Waals surface area contributed by atoms with Crippen molar-refractivity contribution in [1.82, 2.24) is 14.1 Å². The Kier molecular flexibility index (Phi) is 3.53. The number of aryl methyl sites for hydroxylation is 1. The van der Waals surface area contributed by atoms with Gasteiger partial charge in [0.05, 0.1) is 28.7 Å². The third-order valence-electron chi connectivity index (χ3n) is 5.10. The summed E-state index contributed by atoms with van der Waals surface area (Å²) in [6, 6.07) is 18.7. The first kappa shape index (κ1) is 16.3. The average molecular weight is 366 g/mol. The number of benzene rings is 2. The van der Waals surface area contributed by atoms with Crippen LogP contribution in [0, 0.1) is 17.1 Å². The number of nitriles is 1. The van der Waals surface area contributed by atoms with Crippen molar-refractivity contribution in [3.63, 3.8) is 0 Å². The molecular weight excluding hydrogens is 351 g/mol. The van der Waals surface area contributed by atoms with E-state index in [1.54, 1.807) is 18.5 Å². The quantitative estimate of drug-likeness (QED) is 0.431. The summed E-state index contributed by atoms with van der Waals surface area (Å²) in [6.07, 6.45) is 5.43. The van der Waals surface area contributed by atoms with Crippen molar-refractivity contribution in [1.29, 1.82) is 5.26 Å². The molecular formula is C23H15FN4. The highest BCUT2D eigenvalue weighted by molar-refractivity contribution is 6.03. The first-order valence-electron chi connectivity index (χ1n) is 8.88. The number of fused-ring (bicyclic) bond motifs is 2. The van der Waals surface area contributed by atoms with Crippen LogP contribution in [0.25, 0.3) is 38.8 Å². The van der Waals surface area contributed by atoms with E-state index >= 15 is 0 Å². The maximum atomic E-state index is 14.1. The van der Waals surface area contributed by atoms with Gasteiger partial charge in [0.1, 0.15) is 11.9 Å². The van der Waals surface area contributed by atoms with Crippen molar-refractivity contribution in [2.75, 3.05) is 0 Å². The summed E-state index contributed by atoms with van der Waals surface area (Å²) >= 11 is 0. The van der Waals surface area contributed by atoms with Crippen LogP contribution in [0.2, 0.25) is 0 Å². The number of rotatable bonds is 2. The zero-order valence-corrected chi connectivity index (χ0v) is 15.1. The van der Waals surface area contributed by atoms with Crippen LogP contribution in [0.4, 0.5) is 4.39 Å². The minimum Gasteiger partial charge on any atom is -0.350 e. The molecule has 0 unspecified atom stereocenters. The Labute approximate surface area is 160 Å². The first-order valence-corrected chi connectivity index (χ1v) is 8.88. The number of para-hydroxylation sites is 1. The van der Waals surface area contributed by atoms with Gasteiger partial charge in [0.2, 0.25) is 0 Å². The van der Waals surface area contributed by atoms with Gasteiger partial charge < -0.3 is 9.13 Å². The second-order valence-electron chi connectivity index (χ2n) is 6.71. The predicted molar refractivity (Wildman–Crippen MR) is 108 cm³/mol. The van der Waals surface area contributed by atoms with Gasteiger partial charge in [0.15, 0.2) is 0 Å². The molecule has 0 aliphatic heterocycles. The lowest BCUT2D eigenvalue weighted by molar-refractivity contribution is 0.629. The maximum absolute atomic E-state index is 14.1. The first-order chi connectivity index (χ1) is 13.7. The van der Waals surface area contributed by atoms with Gasteiger partial charge in [0, 0.05) is 41.3 Å². The molecule has 0 atom stereocenters. The number of pyridine rings is 1. The van der Waals surface area contributed by atoms with Crippen LogP contribution >= 0.6 is 0 Å². The van der Waals surface area contributed by atoms with Gasteiger partial charge in [-0.2, -0.15) is 5.26 Å². The van der Waals surface area contributed by atoms with E-state index in [1.165, 1.54) is 12.1 Å². The van der Waals surface area contributed by atoms with Crippen LogP contribution in [-0.2, 0) is 7.05 Å². The molecule has 0 amide bonds. The van der Waals surface area contributed by atoms with Crippen LogP contribution in [-0.4, -0.2) is 14.1 Å². The highest BCUT2D eigenvalue weighted by atomic mass is 19.1. The molecule has 0 saturated carbocycles. The second kappa shape index (κ2) is 6.07. The summed E-state index contributed by atoms with van der Waals surface area (Å²) in [5, 5.41) is 11.8. The Bertz CT molecular complexity index is 1390. The lowest BCUT2D eigenvalue weighted by atomic mass is 10.1. The van der Waals surface area contributed by atoms with Crippen molar-refractivity contribution >= 4 is 21.8 Å². The molecule has 28 heavy (non-hydrogen) atoms. The Morgan fingerprint density at radius 2 is 1.86 bits per heavy atom. The topological polar surface area (TPSA) is 46.5 Å². The Hall–Kier alpha value is -3.91. The SMILES string of the molecule is Cn1cc(-c2c(C#N)c3ccc(F)cc3n2-c2cccnc2)c2ccccc21. The zero-order valence-electron chi connectivity index (χ0n) is 15.1. The smallest absolute Gasteiger partial charge is 0.125 e. The summed E-state index contributed by atoms with van der Waals surface area (Å²) in [7, 11) is 1.98. The standard InChI is InChI=1S/C23H15FN4/c1-27-14-20(17-6-2-3-7-21(17)27)23-19(12-25)18-9-8-15(24)11-22(18)28(23)16-5-4-10-26-13-16/h2-11,13-14H,1H3. The van der Waals surface area contributed by atoms with Crippen molar-refractivity contribution < 1.29 is 4.39 Å². The van der Waals surface area contributed by atoms with E-state index in [0.717, 1.165) is 33.2 Å². The van der Waals surface area contributed by atoms with Gasteiger partial charge in [-0.25, -0.2) is 4.39 Å². The fraction of sp³-hybridized carbons (Fsp3) is 0.0435. The molecule has 0 aliphatic carbocycles. The van der Waals surface area contributed by atoms with Crippen LogP contribution in [0.15, 0.2) is 73.2 Å². The summed E-state index contributed by atoms with van der Waals surface area (Å²) in [5.74, 6) is -0.343. The summed E-state index contributed by atoms with van der Waals surface area (Å²) in [5.41, 5.74) is 4.68. The van der Waals surface area contributed by atoms with Gasteiger partial charge in [-0.05, 0) is 36.4 Å². The van der Waals surface area contributed by atoms with Gasteiger partial charge in [-0.3, -0.25) is 4.98 Å². The summed E-state index contributed by atoms with van der Waals surface area (Å²) in [6.45, 7) is 0. The van der Waals surface area contributed by atoms with E-state index in [9.17, 15) is 9.65 Å². The van der Waals surface area contributed by atoms with Crippen molar-refractivity contribution in [3.05, 3.63) is 84.6 Å². The molecule has 2 aromatic carbocycles. The van der Waals surface area contributed by atoms with Crippen molar-refractivity contribution in [3.8, 4) is 23.0 Å². The molecule has 0 N–H and O–H groups in total. The molecule has 0 bridgehead atoms. The molecule has 0 fully saturated rings. The third-order valence-corrected chi connectivity index (χ3v) is 5.10. The van der Waals surface area contributed by atoms with E-state index in [2.05, 4.69) is 11.1 Å². The Morgan fingerprint density at radius 3 is 2.64 bits per heavy atom. The molecule has 0 saturated heterocycles. The number of hydrogen-bond acceptors (Lipinski definition) is 2. The lowest BCUT2D eigenvalue weighted by Gasteiger charge is -2.10. The minimum atomic E-state index is -0.343. The average Bonchev–Trinajstić information content (AvgIpc) is 3.23. The van der Waals surface area contributed by atoms with Crippen LogP contribution in [0.1, 0.15) is 5.56 Å². The highest BCUT2D eigenvalue weighted by Gasteiger charge is 2.23. The molecule has 0 radical (unpaired) electrons. The molecule has 4 nitrogen and oxygen atoms in total. The Balaban J connectivity index is 2.00. The molecule has 5 heteroatoms. The number of nitrogens with zero attached hydrogens (tertiary/aromatic N) is 4. The van der Waals surface area contributed by atoms with Gasteiger partial charge in [0.25, 0.3) is 0 Å². The molecule has 5 rings (SSSR count). The van der Waals surface area contributed by atoms with Crippen molar-refractivity contribution in [2.45, 2.75) is 0 Å². The van der Waals surface area contributed by atoms with Crippen LogP contribution < -0.4 is 0 Å². The second-order valence-corrected chi connectivity index (χ2v) is 6.71. The molecule has 3 aromatic heterocycles. The molecule has 5 aromatic rings. The maximum Gasteiger partial charge on any atom is 0.125 e. The van der Waals surface area contributed by atoms with Gasteiger partial charge in [-0.15, -0.1) is 0 Å². The Morgan fingerprint density at radius 1 is 1.00 bits per heavy atom. The zero-order chi connectivity index (χ0) is 19.3. The minimum absolute atomic E-state index is 0.343. The number of halogens is 1. The summed E-state index contributed by atoms with van der Waals surface area (Å²) in [4.78, 5) is 4.23. The van der Waals surface area contributed by atoms with Crippen LogP contribution in [0.3, 0.4) is 0 Å². The van der Waals surface area contributed by atoms with E-state index in [-0.39, 0.29) is 5.82 Å². The van der Waals surface area contributed by atoms with Gasteiger partial charge >= 0.3 is 0 Å². The van der Waals surface area contributed by atoms with E-state index in [4.69, 9.17) is 0 Å². The lowest BCUT2D eigenvalue weighted by Crippen LogP contribution is -1.98. The van der Waals surface area contributed by atoms with E-state index < -0.39 is 0 Å². The fourth-order valence-corrected chi connectivity index (χ4v) is 3.91. The molecule has 3 heterocycles. The highest BCUT2D eigenvalue weighted by Crippen LogP contribution is 2.39. The normalized spacial score (nSPS) is 11.2. The monoisotopic (exact) mass is 366 g/mol. The summed E-state index contributed by atoms with van der Waals surface area (Å²) < 4.78 is 18.1. The number of hydrogen-bond donors (Lipinski definition) is 0. The molecule has 0 spiro atoms. The third kappa shape index (κ3) is 2.25. The number of aromatic nitrogens is 3. The molecule has 134 valence electrons. The van der Waals surface area contributed by atoms with E-state index in [1.807, 2.05) is 58.8 Å². The largest absolute Gasteiger partial charge is 0.350 e. The van der Waals surface area contributed by atoms with Gasteiger partial charge in [-0.1, -0.05) is 18.2 Å². The molecule has 0 aliphatic rings. The predicted octanol–water partition coefficient (Wildman–Crippen LogP) is 5.19. The van der Waals surface area contributed by atoms with Crippen LogP contribution in [0.5, 0.6) is 0 Å². The van der Waals surface area contributed by atoms with E-state index in [0.29, 0.717) is 11.1 Å². The fourth-order valence-electron chi connectivity index (χ4n) is 3.91. The van der Waals surface area contributed by atoms with Crippen molar-refractivity contribution in [2.24, 2.45) is 7.05 Å².